The van der Waals surface area contributed by atoms with Crippen LogP contribution in [0.25, 0.3) is 0 Å². The van der Waals surface area contributed by atoms with Crippen molar-refractivity contribution in [2.75, 3.05) is 0 Å². The van der Waals surface area contributed by atoms with E-state index in [1.54, 1.807) is 6.07 Å². The minimum absolute atomic E-state index is 0.0563. The minimum atomic E-state index is -0.291. The van der Waals surface area contributed by atoms with Crippen LogP contribution in [0.3, 0.4) is 0 Å². The Bertz CT molecular complexity index is 490. The van der Waals surface area contributed by atoms with E-state index in [-0.39, 0.29) is 16.9 Å². The monoisotopic (exact) mass is 309 g/mol. The molecule has 0 heterocycles. The maximum Gasteiger partial charge on any atom is 0.145 e. The zero-order chi connectivity index (χ0) is 14.8. The van der Waals surface area contributed by atoms with Gasteiger partial charge in [0.1, 0.15) is 5.82 Å². The van der Waals surface area contributed by atoms with Gasteiger partial charge in [-0.15, -0.1) is 0 Å². The molecule has 4 atom stereocenters. The molecule has 0 amide bonds. The van der Waals surface area contributed by atoms with E-state index < -0.39 is 0 Å². The molecule has 1 aromatic rings. The van der Waals surface area contributed by atoms with E-state index >= 15 is 0 Å². The fourth-order valence-corrected chi connectivity index (χ4v) is 4.62. The van der Waals surface area contributed by atoms with E-state index in [9.17, 15) is 4.39 Å². The Labute approximate surface area is 132 Å². The molecule has 1 aromatic carbocycles. The summed E-state index contributed by atoms with van der Waals surface area (Å²) in [5, 5.41) is 0.204. The second-order valence-electron chi connectivity index (χ2n) is 6.96. The van der Waals surface area contributed by atoms with Crippen molar-refractivity contribution in [1.29, 1.82) is 0 Å². The number of hydrogen-bond acceptors (Lipinski definition) is 1. The van der Waals surface area contributed by atoms with Crippen molar-refractivity contribution < 1.29 is 4.39 Å². The lowest BCUT2D eigenvalue weighted by Gasteiger charge is -2.41. The predicted octanol–water partition coefficient (Wildman–Crippen LogP) is 4.96. The molecule has 0 spiro atoms. The summed E-state index contributed by atoms with van der Waals surface area (Å²) in [5.41, 5.74) is 7.08. The summed E-state index contributed by atoms with van der Waals surface area (Å²) in [7, 11) is 0. The summed E-state index contributed by atoms with van der Waals surface area (Å²) < 4.78 is 14.0. The molecule has 3 heteroatoms. The molecular weight excluding hydrogens is 285 g/mol. The van der Waals surface area contributed by atoms with Gasteiger partial charge >= 0.3 is 0 Å². The first kappa shape index (κ1) is 15.3. The molecule has 2 N–H and O–H groups in total. The highest BCUT2D eigenvalue weighted by Gasteiger charge is 2.34. The molecule has 1 nitrogen and oxygen atoms in total. The highest BCUT2D eigenvalue weighted by atomic mass is 35.5. The van der Waals surface area contributed by atoms with Crippen molar-refractivity contribution in [3.63, 3.8) is 0 Å². The second kappa shape index (κ2) is 6.66. The number of hydrogen-bond donors (Lipinski definition) is 1. The third-order valence-electron chi connectivity index (χ3n) is 5.67. The molecule has 2 aliphatic rings. The van der Waals surface area contributed by atoms with Crippen molar-refractivity contribution >= 4 is 11.6 Å². The number of nitrogens with two attached hydrogens (primary N) is 1. The van der Waals surface area contributed by atoms with Crippen LogP contribution in [0.2, 0.25) is 5.02 Å². The zero-order valence-corrected chi connectivity index (χ0v) is 13.3. The van der Waals surface area contributed by atoms with Crippen molar-refractivity contribution in [1.82, 2.24) is 0 Å². The van der Waals surface area contributed by atoms with Crippen LogP contribution in [0.15, 0.2) is 18.2 Å². The van der Waals surface area contributed by atoms with E-state index in [4.69, 9.17) is 17.3 Å². The average Bonchev–Trinajstić information content (AvgIpc) is 2.51. The molecule has 0 radical (unpaired) electrons. The van der Waals surface area contributed by atoms with Gasteiger partial charge in [-0.3, -0.25) is 0 Å². The number of rotatable bonds is 3. The fraction of sp³-hybridized carbons (Fsp3) is 0.667. The maximum atomic E-state index is 14.0. The Balaban J connectivity index is 1.63. The fourth-order valence-electron chi connectivity index (χ4n) is 4.43. The van der Waals surface area contributed by atoms with Crippen LogP contribution in [-0.4, -0.2) is 6.04 Å². The molecule has 2 fully saturated rings. The van der Waals surface area contributed by atoms with Crippen LogP contribution in [0.1, 0.15) is 50.5 Å². The normalized spacial score (nSPS) is 30.7. The highest BCUT2D eigenvalue weighted by molar-refractivity contribution is 6.30. The number of fused-ring (bicyclic) bond motifs is 1. The van der Waals surface area contributed by atoms with Gasteiger partial charge in [-0.05, 0) is 55.1 Å². The SMILES string of the molecule is NC(Cc1cccc(Cl)c1F)C1CCC2CCCCC2C1. The average molecular weight is 310 g/mol. The minimum Gasteiger partial charge on any atom is -0.327 e. The van der Waals surface area contributed by atoms with Crippen molar-refractivity contribution in [3.05, 3.63) is 34.6 Å². The molecule has 2 saturated carbocycles. The van der Waals surface area contributed by atoms with Crippen LogP contribution in [0, 0.1) is 23.6 Å². The number of halogens is 2. The lowest BCUT2D eigenvalue weighted by atomic mass is 9.66. The third kappa shape index (κ3) is 3.43. The van der Waals surface area contributed by atoms with E-state index in [0.717, 1.165) is 11.8 Å². The third-order valence-corrected chi connectivity index (χ3v) is 5.96. The van der Waals surface area contributed by atoms with Gasteiger partial charge in [0.25, 0.3) is 0 Å². The van der Waals surface area contributed by atoms with Gasteiger partial charge < -0.3 is 5.73 Å². The molecule has 0 saturated heterocycles. The van der Waals surface area contributed by atoms with Crippen LogP contribution in [0.4, 0.5) is 4.39 Å². The predicted molar refractivity (Wildman–Crippen MR) is 85.9 cm³/mol. The Morgan fingerprint density at radius 1 is 1.14 bits per heavy atom. The summed E-state index contributed by atoms with van der Waals surface area (Å²) in [6.45, 7) is 0. The van der Waals surface area contributed by atoms with Gasteiger partial charge in [0.05, 0.1) is 5.02 Å². The van der Waals surface area contributed by atoms with Crippen molar-refractivity contribution in [2.24, 2.45) is 23.5 Å². The van der Waals surface area contributed by atoms with Gasteiger partial charge in [-0.2, -0.15) is 0 Å². The lowest BCUT2D eigenvalue weighted by molar-refractivity contribution is 0.117. The first-order valence-corrected chi connectivity index (χ1v) is 8.71. The van der Waals surface area contributed by atoms with Crippen LogP contribution in [-0.2, 0) is 6.42 Å². The first-order valence-electron chi connectivity index (χ1n) is 8.33. The summed E-state index contributed by atoms with van der Waals surface area (Å²) in [6, 6.07) is 5.28. The van der Waals surface area contributed by atoms with E-state index in [0.29, 0.717) is 17.9 Å². The standard InChI is InChI=1S/C18H25ClFN/c19-16-7-3-6-15(18(16)20)11-17(21)14-9-8-12-4-1-2-5-13(12)10-14/h3,6-7,12-14,17H,1-2,4-5,8-11,21H2. The lowest BCUT2D eigenvalue weighted by Crippen LogP contribution is -2.39. The quantitative estimate of drug-likeness (QED) is 0.839. The van der Waals surface area contributed by atoms with E-state index in [2.05, 4.69) is 0 Å². The molecule has 3 rings (SSSR count). The molecule has 21 heavy (non-hydrogen) atoms. The maximum absolute atomic E-state index is 14.0. The van der Waals surface area contributed by atoms with Crippen molar-refractivity contribution in [2.45, 2.75) is 57.4 Å². The molecule has 0 aliphatic heterocycles. The van der Waals surface area contributed by atoms with Crippen LogP contribution < -0.4 is 5.73 Å². The van der Waals surface area contributed by atoms with Gasteiger partial charge in [0.2, 0.25) is 0 Å². The van der Waals surface area contributed by atoms with Gasteiger partial charge in [0.15, 0.2) is 0 Å². The summed E-state index contributed by atoms with van der Waals surface area (Å²) in [5.74, 6) is 2.06. The molecule has 116 valence electrons. The summed E-state index contributed by atoms with van der Waals surface area (Å²) in [6.07, 6.45) is 9.96. The first-order chi connectivity index (χ1) is 10.1. The van der Waals surface area contributed by atoms with Gasteiger partial charge in [0, 0.05) is 6.04 Å². The molecule has 0 aromatic heterocycles. The zero-order valence-electron chi connectivity index (χ0n) is 12.5. The second-order valence-corrected chi connectivity index (χ2v) is 7.37. The number of benzene rings is 1. The Kier molecular flexibility index (Phi) is 4.85. The van der Waals surface area contributed by atoms with Crippen LogP contribution in [0.5, 0.6) is 0 Å². The van der Waals surface area contributed by atoms with Gasteiger partial charge in [-0.25, -0.2) is 4.39 Å². The van der Waals surface area contributed by atoms with E-state index in [1.165, 1.54) is 44.9 Å². The summed E-state index contributed by atoms with van der Waals surface area (Å²) >= 11 is 5.86. The largest absolute Gasteiger partial charge is 0.327 e. The Morgan fingerprint density at radius 2 is 1.90 bits per heavy atom. The van der Waals surface area contributed by atoms with Gasteiger partial charge in [-0.1, -0.05) is 49.4 Å². The molecule has 4 unspecified atom stereocenters. The van der Waals surface area contributed by atoms with E-state index in [1.807, 2.05) is 12.1 Å². The van der Waals surface area contributed by atoms with Crippen LogP contribution >= 0.6 is 11.6 Å². The van der Waals surface area contributed by atoms with Crippen molar-refractivity contribution in [3.8, 4) is 0 Å². The molecular formula is C18H25ClFN. The molecule has 0 bridgehead atoms. The smallest absolute Gasteiger partial charge is 0.145 e. The summed E-state index contributed by atoms with van der Waals surface area (Å²) in [4.78, 5) is 0. The Hall–Kier alpha value is -0.600. The topological polar surface area (TPSA) is 26.0 Å². The Morgan fingerprint density at radius 3 is 2.71 bits per heavy atom. The molecule has 2 aliphatic carbocycles. The highest BCUT2D eigenvalue weighted by Crippen LogP contribution is 2.43.